The second kappa shape index (κ2) is 18.6. The van der Waals surface area contributed by atoms with Crippen LogP contribution in [0.3, 0.4) is 0 Å². The number of hydrazine groups is 1. The van der Waals surface area contributed by atoms with Crippen LogP contribution in [0.4, 0.5) is 0 Å². The normalized spacial score (nSPS) is 16.0. The van der Waals surface area contributed by atoms with Crippen LogP contribution in [0.1, 0.15) is 37.5 Å². The molecule has 2 aliphatic heterocycles. The van der Waals surface area contributed by atoms with Crippen LogP contribution in [-0.4, -0.2) is 124 Å². The summed E-state index contributed by atoms with van der Waals surface area (Å²) in [6, 6.07) is 0. The van der Waals surface area contributed by atoms with Gasteiger partial charge in [0.25, 0.3) is 0 Å². The average Bonchev–Trinajstić information content (AvgIpc) is 3.29. The molecule has 0 aliphatic carbocycles. The maximum absolute atomic E-state index is 11.4. The Labute approximate surface area is 307 Å². The molecule has 7 N–H and O–H groups in total. The van der Waals surface area contributed by atoms with Crippen molar-refractivity contribution in [1.82, 2.24) is 36.2 Å². The van der Waals surface area contributed by atoms with Crippen LogP contribution in [0.25, 0.3) is 0 Å². The number of hydrogen-bond acceptors (Lipinski definition) is 10. The van der Waals surface area contributed by atoms with E-state index in [0.29, 0.717) is 45.8 Å². The third kappa shape index (κ3) is 10.3. The monoisotopic (exact) mass is 985 g/mol. The minimum absolute atomic E-state index is 0.0569. The van der Waals surface area contributed by atoms with Crippen molar-refractivity contribution < 1.29 is 44.1 Å². The molecule has 2 aliphatic rings. The molecule has 2 heterocycles. The number of carbonyl (C=O) groups is 6. The molecule has 1 aromatic carbocycles. The summed E-state index contributed by atoms with van der Waals surface area (Å²) in [5.41, 5.74) is 0.0388. The molecule has 46 heavy (non-hydrogen) atoms. The Morgan fingerprint density at radius 1 is 0.609 bits per heavy atom. The van der Waals surface area contributed by atoms with Gasteiger partial charge in [-0.25, -0.2) is 24.4 Å². The van der Waals surface area contributed by atoms with Crippen molar-refractivity contribution in [3.05, 3.63) is 27.4 Å². The summed E-state index contributed by atoms with van der Waals surface area (Å²) in [7, 11) is 0. The van der Waals surface area contributed by atoms with Crippen molar-refractivity contribution in [2.24, 2.45) is 0 Å². The van der Waals surface area contributed by atoms with E-state index >= 15 is 0 Å². The molecule has 19 heteroatoms. The quantitative estimate of drug-likeness (QED) is 0.120. The van der Waals surface area contributed by atoms with Gasteiger partial charge in [-0.05, 0) is 84.5 Å². The highest BCUT2D eigenvalue weighted by atomic mass is 127. The molecule has 1 aromatic rings. The zero-order chi connectivity index (χ0) is 34.8. The van der Waals surface area contributed by atoms with Gasteiger partial charge in [0, 0.05) is 103 Å². The molecule has 0 saturated carbocycles. The molecule has 2 fully saturated rings. The lowest BCUT2D eigenvalue weighted by Gasteiger charge is -2.32. The van der Waals surface area contributed by atoms with Crippen molar-refractivity contribution in [3.63, 3.8) is 0 Å². The van der Waals surface area contributed by atoms with Crippen molar-refractivity contribution in [2.45, 2.75) is 45.9 Å². The van der Waals surface area contributed by atoms with E-state index in [4.69, 9.17) is 0 Å². The minimum atomic E-state index is -2.94. The van der Waals surface area contributed by atoms with E-state index in [9.17, 15) is 44.1 Å². The molecule has 0 spiro atoms. The summed E-state index contributed by atoms with van der Waals surface area (Å²) >= 11 is 6.73. The van der Waals surface area contributed by atoms with E-state index in [-0.39, 0.29) is 30.8 Å². The lowest BCUT2D eigenvalue weighted by Crippen LogP contribution is -2.66. The number of carbonyl (C=O) groups excluding carboxylic acids is 3. The molecule has 256 valence electrons. The van der Waals surface area contributed by atoms with E-state index in [2.05, 4.69) is 89.0 Å². The van der Waals surface area contributed by atoms with Gasteiger partial charge in [-0.3, -0.25) is 19.3 Å². The number of fused-ring (bicyclic) bond motifs is 1. The third-order valence-electron chi connectivity index (χ3n) is 7.28. The predicted octanol–water partition coefficient (Wildman–Crippen LogP) is -0.174. The van der Waals surface area contributed by atoms with Crippen LogP contribution in [0.2, 0.25) is 0 Å². The molecule has 2 saturated heterocycles. The van der Waals surface area contributed by atoms with Gasteiger partial charge in [0.15, 0.2) is 0 Å². The van der Waals surface area contributed by atoms with Crippen LogP contribution in [0.15, 0.2) is 0 Å². The first-order chi connectivity index (χ1) is 21.5. The van der Waals surface area contributed by atoms with Gasteiger partial charge >= 0.3 is 23.4 Å². The van der Waals surface area contributed by atoms with Gasteiger partial charge in [-0.1, -0.05) is 0 Å². The fourth-order valence-corrected chi connectivity index (χ4v) is 9.18. The largest absolute Gasteiger partial charge is 0.479 e. The third-order valence-corrected chi connectivity index (χ3v) is 11.2. The van der Waals surface area contributed by atoms with Crippen molar-refractivity contribution in [1.29, 1.82) is 0 Å². The van der Waals surface area contributed by atoms with Crippen LogP contribution >= 0.6 is 67.8 Å². The Morgan fingerprint density at radius 2 is 0.913 bits per heavy atom. The van der Waals surface area contributed by atoms with Crippen molar-refractivity contribution in [3.8, 4) is 0 Å². The molecule has 3 amide bonds. The maximum Gasteiger partial charge on any atom is 0.347 e. The van der Waals surface area contributed by atoms with E-state index in [0.717, 1.165) is 45.4 Å². The summed E-state index contributed by atoms with van der Waals surface area (Å²) < 4.78 is 3.03. The highest BCUT2D eigenvalue weighted by molar-refractivity contribution is 14.1. The topological polar surface area (TPSA) is 221 Å². The van der Waals surface area contributed by atoms with E-state index in [1.807, 2.05) is 10.0 Å². The standard InChI is InChI=1S/C15H18I3N3O3.C12H20N4O6/c1-7(22)19-4-10-13(16)11(5-20-8(2)23)15(18)12(14(10)17)6-21-9(3)24;17-9(18)12(10(19)20,11(21)22)14-5-7-15-3-1-13-2-4-16(15)8-6-14/h4-6H2,1-3H3,(H,19,22)(H,20,23)(H,21,24);13H,1-8H2,(H,17,18)(H,19,20)(H,21,22). The Morgan fingerprint density at radius 3 is 1.17 bits per heavy atom. The van der Waals surface area contributed by atoms with Crippen LogP contribution in [0.5, 0.6) is 0 Å². The van der Waals surface area contributed by atoms with Crippen LogP contribution in [-0.2, 0) is 48.4 Å². The fraction of sp³-hybridized carbons (Fsp3) is 0.556. The number of nitrogens with one attached hydrogen (secondary N) is 4. The molecule has 0 aromatic heterocycles. The minimum Gasteiger partial charge on any atom is -0.479 e. The highest BCUT2D eigenvalue weighted by Gasteiger charge is 2.59. The summed E-state index contributed by atoms with van der Waals surface area (Å²) in [4.78, 5) is 69.2. The number of rotatable bonds is 10. The predicted molar refractivity (Wildman–Crippen MR) is 190 cm³/mol. The van der Waals surface area contributed by atoms with Crippen LogP contribution < -0.4 is 21.3 Å². The van der Waals surface area contributed by atoms with E-state index in [1.165, 1.54) is 20.8 Å². The Balaban J connectivity index is 0.000000321. The van der Waals surface area contributed by atoms with Gasteiger partial charge in [0.2, 0.25) is 17.7 Å². The SMILES string of the molecule is CC(=O)NCc1c(I)c(CNC(C)=O)c(I)c(CNC(C)=O)c1I.O=C(O)C(C(=O)O)(C(=O)O)N1CCN2CCNCCN2CC1. The highest BCUT2D eigenvalue weighted by Crippen LogP contribution is 2.32. The zero-order valence-corrected chi connectivity index (χ0v) is 32.0. The van der Waals surface area contributed by atoms with E-state index in [1.54, 1.807) is 0 Å². The van der Waals surface area contributed by atoms with Gasteiger partial charge in [-0.15, -0.1) is 0 Å². The lowest BCUT2D eigenvalue weighted by molar-refractivity contribution is -0.178. The smallest absolute Gasteiger partial charge is 0.347 e. The summed E-state index contributed by atoms with van der Waals surface area (Å²) in [6.45, 7) is 9.51. The molecule has 0 bridgehead atoms. The Kier molecular flexibility index (Phi) is 16.2. The second-order valence-electron chi connectivity index (χ2n) is 10.4. The molecular weight excluding hydrogens is 947 g/mol. The second-order valence-corrected chi connectivity index (χ2v) is 13.6. The van der Waals surface area contributed by atoms with Crippen molar-refractivity contribution >= 4 is 103 Å². The number of benzene rings is 1. The fourth-order valence-electron chi connectivity index (χ4n) is 4.87. The van der Waals surface area contributed by atoms with Gasteiger partial charge in [0.05, 0.1) is 0 Å². The van der Waals surface area contributed by atoms with Gasteiger partial charge in [-0.2, -0.15) is 0 Å². The molecule has 16 nitrogen and oxygen atoms in total. The number of amides is 3. The number of carboxylic acids is 3. The molecular formula is C27H38I3N7O9. The number of hydrogen-bond donors (Lipinski definition) is 7. The summed E-state index contributed by atoms with van der Waals surface area (Å²) in [5.74, 6) is -5.94. The van der Waals surface area contributed by atoms with E-state index < -0.39 is 23.4 Å². The summed E-state index contributed by atoms with van der Waals surface area (Å²) in [5, 5.41) is 43.5. The average molecular weight is 985 g/mol. The molecule has 0 radical (unpaired) electrons. The molecule has 0 unspecified atom stereocenters. The Hall–Kier alpha value is -1.93. The lowest BCUT2D eigenvalue weighted by atomic mass is 9.97. The zero-order valence-electron chi connectivity index (χ0n) is 25.5. The van der Waals surface area contributed by atoms with Gasteiger partial charge in [0.1, 0.15) is 0 Å². The first kappa shape index (κ1) is 40.2. The molecule has 3 rings (SSSR count). The van der Waals surface area contributed by atoms with Crippen LogP contribution in [0, 0.1) is 10.7 Å². The molecule has 0 atom stereocenters. The first-order valence-corrected chi connectivity index (χ1v) is 17.3. The first-order valence-electron chi connectivity index (χ1n) is 14.1. The number of nitrogens with zero attached hydrogens (tertiary/aromatic N) is 3. The van der Waals surface area contributed by atoms with Gasteiger partial charge < -0.3 is 36.6 Å². The number of aliphatic carboxylic acids is 3. The Bertz CT molecular complexity index is 1180. The summed E-state index contributed by atoms with van der Waals surface area (Å²) in [6.07, 6.45) is 0. The van der Waals surface area contributed by atoms with Crippen molar-refractivity contribution in [2.75, 3.05) is 52.4 Å². The number of carboxylic acid groups (broad SMARTS) is 3. The maximum atomic E-state index is 11.4. The number of halogens is 3.